The average molecular weight is 314 g/mol. The van der Waals surface area contributed by atoms with Crippen molar-refractivity contribution in [2.75, 3.05) is 0 Å². The van der Waals surface area contributed by atoms with Gasteiger partial charge in [-0.2, -0.15) is 0 Å². The lowest BCUT2D eigenvalue weighted by Crippen LogP contribution is -2.53. The van der Waals surface area contributed by atoms with E-state index in [0.717, 1.165) is 11.1 Å². The number of aromatic nitrogens is 1. The number of carboxylic acids is 1. The van der Waals surface area contributed by atoms with Crippen molar-refractivity contribution in [1.29, 1.82) is 0 Å². The van der Waals surface area contributed by atoms with Gasteiger partial charge in [0.1, 0.15) is 12.1 Å². The molecule has 0 aliphatic rings. The normalized spacial score (nSPS) is 12.9. The highest BCUT2D eigenvalue weighted by molar-refractivity contribution is 5.84. The van der Waals surface area contributed by atoms with Crippen LogP contribution in [0.3, 0.4) is 0 Å². The van der Waals surface area contributed by atoms with Crippen LogP contribution in [0.4, 0.5) is 4.79 Å². The van der Waals surface area contributed by atoms with Crippen LogP contribution >= 0.6 is 0 Å². The zero-order chi connectivity index (χ0) is 16.7. The second-order valence-corrected chi connectivity index (χ2v) is 5.36. The molecule has 6 nitrogen and oxygen atoms in total. The van der Waals surface area contributed by atoms with Crippen LogP contribution in [-0.4, -0.2) is 27.7 Å². The number of carbonyl (C=O) groups excluding carboxylic acids is 1. The average Bonchev–Trinajstić information content (AvgIpc) is 2.54. The van der Waals surface area contributed by atoms with Crippen LogP contribution in [0.2, 0.25) is 0 Å². The number of benzene rings is 1. The molecule has 0 aliphatic heterocycles. The lowest BCUT2D eigenvalue weighted by atomic mass is 9.93. The molecule has 1 amide bonds. The highest BCUT2D eigenvalue weighted by atomic mass is 16.5. The molecule has 1 heterocycles. The van der Waals surface area contributed by atoms with Crippen molar-refractivity contribution in [3.63, 3.8) is 0 Å². The SMILES string of the molecule is CC(Cc1ccncc1)(NC(=O)OCc1ccccc1)C(=O)O. The molecular weight excluding hydrogens is 296 g/mol. The molecule has 0 radical (unpaired) electrons. The monoisotopic (exact) mass is 314 g/mol. The number of carboxylic acid groups (broad SMARTS) is 1. The smallest absolute Gasteiger partial charge is 0.408 e. The largest absolute Gasteiger partial charge is 0.480 e. The Labute approximate surface area is 134 Å². The van der Waals surface area contributed by atoms with Gasteiger partial charge in [0.2, 0.25) is 0 Å². The van der Waals surface area contributed by atoms with Crippen LogP contribution in [-0.2, 0) is 22.6 Å². The Balaban J connectivity index is 1.98. The molecule has 0 saturated carbocycles. The number of hydrogen-bond donors (Lipinski definition) is 2. The van der Waals surface area contributed by atoms with Crippen molar-refractivity contribution >= 4 is 12.1 Å². The summed E-state index contributed by atoms with van der Waals surface area (Å²) in [6, 6.07) is 12.6. The molecule has 1 aromatic heterocycles. The molecule has 120 valence electrons. The maximum absolute atomic E-state index is 11.9. The van der Waals surface area contributed by atoms with Crippen molar-refractivity contribution in [2.24, 2.45) is 0 Å². The van der Waals surface area contributed by atoms with Crippen LogP contribution in [0.1, 0.15) is 18.1 Å². The molecular formula is C17H18N2O4. The zero-order valence-electron chi connectivity index (χ0n) is 12.7. The summed E-state index contributed by atoms with van der Waals surface area (Å²) in [5.41, 5.74) is 0.122. The quantitative estimate of drug-likeness (QED) is 0.854. The van der Waals surface area contributed by atoms with E-state index in [0.29, 0.717) is 0 Å². The van der Waals surface area contributed by atoms with E-state index in [4.69, 9.17) is 4.74 Å². The second-order valence-electron chi connectivity index (χ2n) is 5.36. The minimum atomic E-state index is -1.46. The summed E-state index contributed by atoms with van der Waals surface area (Å²) in [5.74, 6) is -1.13. The van der Waals surface area contributed by atoms with E-state index >= 15 is 0 Å². The number of amides is 1. The molecule has 2 aromatic rings. The molecule has 23 heavy (non-hydrogen) atoms. The Kier molecular flexibility index (Phi) is 5.30. The summed E-state index contributed by atoms with van der Waals surface area (Å²) in [7, 11) is 0. The molecule has 0 aliphatic carbocycles. The first kappa shape index (κ1) is 16.5. The number of nitrogens with one attached hydrogen (secondary N) is 1. The van der Waals surface area contributed by atoms with Gasteiger partial charge >= 0.3 is 12.1 Å². The fourth-order valence-corrected chi connectivity index (χ4v) is 2.07. The topological polar surface area (TPSA) is 88.5 Å². The van der Waals surface area contributed by atoms with Gasteiger partial charge in [-0.25, -0.2) is 9.59 Å². The number of rotatable bonds is 6. The Morgan fingerprint density at radius 1 is 1.13 bits per heavy atom. The van der Waals surface area contributed by atoms with Crippen molar-refractivity contribution in [2.45, 2.75) is 25.5 Å². The van der Waals surface area contributed by atoms with Crippen LogP contribution in [0.15, 0.2) is 54.9 Å². The summed E-state index contributed by atoms with van der Waals surface area (Å²) in [6.07, 6.45) is 2.51. The Hall–Kier alpha value is -2.89. The molecule has 2 N–H and O–H groups in total. The minimum Gasteiger partial charge on any atom is -0.480 e. The summed E-state index contributed by atoms with van der Waals surface area (Å²) in [5, 5.41) is 11.9. The number of hydrogen-bond acceptors (Lipinski definition) is 4. The van der Waals surface area contributed by atoms with Crippen LogP contribution in [0.5, 0.6) is 0 Å². The van der Waals surface area contributed by atoms with E-state index in [-0.39, 0.29) is 13.0 Å². The summed E-state index contributed by atoms with van der Waals surface area (Å²) in [6.45, 7) is 1.52. The summed E-state index contributed by atoms with van der Waals surface area (Å²) in [4.78, 5) is 27.4. The fourth-order valence-electron chi connectivity index (χ4n) is 2.07. The molecule has 6 heteroatoms. The number of carbonyl (C=O) groups is 2. The second kappa shape index (κ2) is 7.40. The lowest BCUT2D eigenvalue weighted by Gasteiger charge is -2.25. The van der Waals surface area contributed by atoms with E-state index < -0.39 is 17.6 Å². The van der Waals surface area contributed by atoms with Gasteiger partial charge in [0.15, 0.2) is 0 Å². The number of pyridine rings is 1. The molecule has 1 unspecified atom stereocenters. The first-order valence-corrected chi connectivity index (χ1v) is 7.11. The summed E-state index contributed by atoms with van der Waals surface area (Å²) >= 11 is 0. The number of ether oxygens (including phenoxy) is 1. The lowest BCUT2D eigenvalue weighted by molar-refractivity contribution is -0.143. The Morgan fingerprint density at radius 2 is 1.78 bits per heavy atom. The predicted molar refractivity (Wildman–Crippen MR) is 83.7 cm³/mol. The van der Waals surface area contributed by atoms with Gasteiger partial charge in [-0.15, -0.1) is 0 Å². The third-order valence-electron chi connectivity index (χ3n) is 3.37. The maximum Gasteiger partial charge on any atom is 0.408 e. The Bertz CT molecular complexity index is 661. The molecule has 0 bridgehead atoms. The van der Waals surface area contributed by atoms with E-state index in [9.17, 15) is 14.7 Å². The van der Waals surface area contributed by atoms with Gasteiger partial charge in [0.25, 0.3) is 0 Å². The van der Waals surface area contributed by atoms with Crippen molar-refractivity contribution in [3.8, 4) is 0 Å². The summed E-state index contributed by atoms with van der Waals surface area (Å²) < 4.78 is 5.09. The fraction of sp³-hybridized carbons (Fsp3) is 0.235. The molecule has 1 atom stereocenters. The molecule has 0 spiro atoms. The third-order valence-corrected chi connectivity index (χ3v) is 3.37. The zero-order valence-corrected chi connectivity index (χ0v) is 12.7. The molecule has 1 aromatic carbocycles. The molecule has 0 saturated heterocycles. The van der Waals surface area contributed by atoms with E-state index in [2.05, 4.69) is 10.3 Å². The van der Waals surface area contributed by atoms with Gasteiger partial charge in [0, 0.05) is 18.8 Å². The highest BCUT2D eigenvalue weighted by Gasteiger charge is 2.35. The van der Waals surface area contributed by atoms with E-state index in [1.807, 2.05) is 30.3 Å². The van der Waals surface area contributed by atoms with Crippen LogP contribution < -0.4 is 5.32 Å². The standard InChI is InChI=1S/C17H18N2O4/c1-17(15(20)21,11-13-7-9-18-10-8-13)19-16(22)23-12-14-5-3-2-4-6-14/h2-10H,11-12H2,1H3,(H,19,22)(H,20,21). The van der Waals surface area contributed by atoms with Crippen molar-refractivity contribution < 1.29 is 19.4 Å². The van der Waals surface area contributed by atoms with Gasteiger partial charge in [-0.05, 0) is 30.2 Å². The number of nitrogens with zero attached hydrogens (tertiary/aromatic N) is 1. The van der Waals surface area contributed by atoms with Gasteiger partial charge < -0.3 is 15.2 Å². The van der Waals surface area contributed by atoms with Gasteiger partial charge in [-0.3, -0.25) is 4.98 Å². The highest BCUT2D eigenvalue weighted by Crippen LogP contribution is 2.14. The molecule has 0 fully saturated rings. The number of alkyl carbamates (subject to hydrolysis) is 1. The maximum atomic E-state index is 11.9. The molecule has 2 rings (SSSR count). The van der Waals surface area contributed by atoms with Crippen LogP contribution in [0.25, 0.3) is 0 Å². The number of aliphatic carboxylic acids is 1. The Morgan fingerprint density at radius 3 is 2.39 bits per heavy atom. The minimum absolute atomic E-state index is 0.0810. The van der Waals surface area contributed by atoms with E-state index in [1.54, 1.807) is 24.5 Å². The first-order valence-electron chi connectivity index (χ1n) is 7.11. The van der Waals surface area contributed by atoms with Crippen molar-refractivity contribution in [3.05, 3.63) is 66.0 Å². The van der Waals surface area contributed by atoms with Crippen LogP contribution in [0, 0.1) is 0 Å². The third kappa shape index (κ3) is 4.81. The predicted octanol–water partition coefficient (Wildman–Crippen LogP) is 2.39. The van der Waals surface area contributed by atoms with Crippen molar-refractivity contribution in [1.82, 2.24) is 10.3 Å². The van der Waals surface area contributed by atoms with Gasteiger partial charge in [-0.1, -0.05) is 30.3 Å². The van der Waals surface area contributed by atoms with Gasteiger partial charge in [0.05, 0.1) is 0 Å². The van der Waals surface area contributed by atoms with E-state index in [1.165, 1.54) is 6.92 Å². The first-order chi connectivity index (χ1) is 11.0.